The smallest absolute Gasteiger partial charge is 0.182 e. The number of thiazole rings is 1. The molecule has 0 bridgehead atoms. The molecule has 0 fully saturated rings. The van der Waals surface area contributed by atoms with E-state index >= 15 is 0 Å². The first-order valence-electron chi connectivity index (χ1n) is 5.07. The molecule has 1 heterocycles. The third-order valence-corrected chi connectivity index (χ3v) is 3.94. The fourth-order valence-corrected chi connectivity index (χ4v) is 2.52. The summed E-state index contributed by atoms with van der Waals surface area (Å²) < 4.78 is 0. The molecule has 4 heteroatoms. The third kappa shape index (κ3) is 2.36. The summed E-state index contributed by atoms with van der Waals surface area (Å²) in [6.45, 7) is 2.05. The summed E-state index contributed by atoms with van der Waals surface area (Å²) in [5.74, 6) is 0. The van der Waals surface area contributed by atoms with E-state index in [2.05, 4.69) is 23.3 Å². The minimum atomic E-state index is 0.829. The molecule has 2 nitrogen and oxygen atoms in total. The molecule has 2 rings (SSSR count). The number of halogens is 1. The van der Waals surface area contributed by atoms with Gasteiger partial charge in [-0.3, -0.25) is 0 Å². The van der Waals surface area contributed by atoms with Crippen LogP contribution in [0.4, 0.5) is 5.13 Å². The molecule has 2 aromatic rings. The first kappa shape index (κ1) is 11.4. The molecule has 1 aromatic heterocycles. The maximum absolute atomic E-state index is 6.09. The van der Waals surface area contributed by atoms with Gasteiger partial charge in [0.05, 0.1) is 0 Å². The van der Waals surface area contributed by atoms with Crippen LogP contribution in [0.2, 0.25) is 5.02 Å². The van der Waals surface area contributed by atoms with Crippen molar-refractivity contribution in [3.05, 3.63) is 45.4 Å². The van der Waals surface area contributed by atoms with E-state index in [1.54, 1.807) is 11.3 Å². The second kappa shape index (κ2) is 4.85. The standard InChI is InChI=1S/C12H13ClN2S/c1-8-9(4-3-5-11(8)13)6-10-7-15-12(14-2)16-10/h3-5,7H,6H2,1-2H3,(H,14,15). The van der Waals surface area contributed by atoms with Gasteiger partial charge in [-0.2, -0.15) is 0 Å². The van der Waals surface area contributed by atoms with Gasteiger partial charge in [0.1, 0.15) is 0 Å². The van der Waals surface area contributed by atoms with E-state index in [9.17, 15) is 0 Å². The zero-order valence-corrected chi connectivity index (χ0v) is 10.8. The van der Waals surface area contributed by atoms with Crippen LogP contribution in [0, 0.1) is 6.92 Å². The fraction of sp³-hybridized carbons (Fsp3) is 0.250. The largest absolute Gasteiger partial charge is 0.365 e. The average Bonchev–Trinajstić information content (AvgIpc) is 2.73. The average molecular weight is 253 g/mol. The van der Waals surface area contributed by atoms with E-state index in [0.717, 1.165) is 22.1 Å². The number of nitrogens with zero attached hydrogens (tertiary/aromatic N) is 1. The maximum atomic E-state index is 6.09. The van der Waals surface area contributed by atoms with Crippen molar-refractivity contribution in [2.24, 2.45) is 0 Å². The number of aromatic nitrogens is 1. The van der Waals surface area contributed by atoms with Crippen LogP contribution in [0.3, 0.4) is 0 Å². The van der Waals surface area contributed by atoms with Gasteiger partial charge in [0.15, 0.2) is 5.13 Å². The van der Waals surface area contributed by atoms with Crippen molar-refractivity contribution in [1.82, 2.24) is 4.98 Å². The Morgan fingerprint density at radius 1 is 1.44 bits per heavy atom. The summed E-state index contributed by atoms with van der Waals surface area (Å²) in [6, 6.07) is 6.02. The van der Waals surface area contributed by atoms with E-state index in [0.29, 0.717) is 0 Å². The molecule has 84 valence electrons. The summed E-state index contributed by atoms with van der Waals surface area (Å²) in [5.41, 5.74) is 2.42. The van der Waals surface area contributed by atoms with Crippen molar-refractivity contribution in [3.8, 4) is 0 Å². The van der Waals surface area contributed by atoms with E-state index < -0.39 is 0 Å². The predicted octanol–water partition coefficient (Wildman–Crippen LogP) is 3.74. The van der Waals surface area contributed by atoms with E-state index in [1.807, 2.05) is 25.4 Å². The van der Waals surface area contributed by atoms with Gasteiger partial charge in [-0.25, -0.2) is 4.98 Å². The number of anilines is 1. The van der Waals surface area contributed by atoms with E-state index in [1.165, 1.54) is 10.4 Å². The van der Waals surface area contributed by atoms with Gasteiger partial charge < -0.3 is 5.32 Å². The highest BCUT2D eigenvalue weighted by Crippen LogP contribution is 2.25. The highest BCUT2D eigenvalue weighted by molar-refractivity contribution is 7.15. The van der Waals surface area contributed by atoms with Gasteiger partial charge in [-0.15, -0.1) is 11.3 Å². The third-order valence-electron chi connectivity index (χ3n) is 2.51. The molecule has 1 aromatic carbocycles. The van der Waals surface area contributed by atoms with Gasteiger partial charge in [-0.1, -0.05) is 23.7 Å². The number of benzene rings is 1. The predicted molar refractivity (Wildman–Crippen MR) is 70.7 cm³/mol. The summed E-state index contributed by atoms with van der Waals surface area (Å²) in [7, 11) is 1.88. The van der Waals surface area contributed by atoms with Crippen molar-refractivity contribution in [3.63, 3.8) is 0 Å². The highest BCUT2D eigenvalue weighted by atomic mass is 35.5. The summed E-state index contributed by atoms with van der Waals surface area (Å²) in [4.78, 5) is 5.50. The van der Waals surface area contributed by atoms with Gasteiger partial charge in [0, 0.05) is 29.6 Å². The van der Waals surface area contributed by atoms with Gasteiger partial charge in [0.25, 0.3) is 0 Å². The minimum Gasteiger partial charge on any atom is -0.365 e. The van der Waals surface area contributed by atoms with Gasteiger partial charge >= 0.3 is 0 Å². The molecule has 0 radical (unpaired) electrons. The fourth-order valence-electron chi connectivity index (χ4n) is 1.54. The molecular weight excluding hydrogens is 240 g/mol. The minimum absolute atomic E-state index is 0.829. The molecule has 0 spiro atoms. The molecule has 16 heavy (non-hydrogen) atoms. The Bertz CT molecular complexity index is 494. The lowest BCUT2D eigenvalue weighted by molar-refractivity contribution is 1.18. The summed E-state index contributed by atoms with van der Waals surface area (Å²) in [6.07, 6.45) is 2.81. The summed E-state index contributed by atoms with van der Waals surface area (Å²) in [5, 5.41) is 4.82. The maximum Gasteiger partial charge on any atom is 0.182 e. The van der Waals surface area contributed by atoms with Crippen LogP contribution in [0.1, 0.15) is 16.0 Å². The van der Waals surface area contributed by atoms with E-state index in [4.69, 9.17) is 11.6 Å². The zero-order chi connectivity index (χ0) is 11.5. The van der Waals surface area contributed by atoms with Crippen molar-refractivity contribution >= 4 is 28.1 Å². The Morgan fingerprint density at radius 2 is 2.25 bits per heavy atom. The van der Waals surface area contributed by atoms with Crippen molar-refractivity contribution in [2.75, 3.05) is 12.4 Å². The number of hydrogen-bond acceptors (Lipinski definition) is 3. The Balaban J connectivity index is 2.23. The van der Waals surface area contributed by atoms with Crippen LogP contribution in [0.25, 0.3) is 0 Å². The van der Waals surface area contributed by atoms with Crippen LogP contribution < -0.4 is 5.32 Å². The number of nitrogens with one attached hydrogen (secondary N) is 1. The van der Waals surface area contributed by atoms with Crippen LogP contribution in [-0.2, 0) is 6.42 Å². The molecule has 0 saturated carbocycles. The SMILES string of the molecule is CNc1ncc(Cc2cccc(Cl)c2C)s1. The van der Waals surface area contributed by atoms with Crippen molar-refractivity contribution in [1.29, 1.82) is 0 Å². The van der Waals surface area contributed by atoms with Gasteiger partial charge in [0.2, 0.25) is 0 Å². The van der Waals surface area contributed by atoms with Crippen LogP contribution in [0.15, 0.2) is 24.4 Å². The zero-order valence-electron chi connectivity index (χ0n) is 9.25. The monoisotopic (exact) mass is 252 g/mol. The van der Waals surface area contributed by atoms with Crippen LogP contribution in [-0.4, -0.2) is 12.0 Å². The number of hydrogen-bond donors (Lipinski definition) is 1. The molecule has 0 aliphatic rings. The molecule has 0 unspecified atom stereocenters. The van der Waals surface area contributed by atoms with Crippen LogP contribution >= 0.6 is 22.9 Å². The Hall–Kier alpha value is -1.06. The highest BCUT2D eigenvalue weighted by Gasteiger charge is 2.05. The second-order valence-corrected chi connectivity index (χ2v) is 5.10. The molecule has 0 saturated heterocycles. The van der Waals surface area contributed by atoms with Crippen molar-refractivity contribution < 1.29 is 0 Å². The van der Waals surface area contributed by atoms with Gasteiger partial charge in [-0.05, 0) is 24.1 Å². The number of rotatable bonds is 3. The quantitative estimate of drug-likeness (QED) is 0.900. The molecule has 0 aliphatic carbocycles. The first-order valence-corrected chi connectivity index (χ1v) is 6.26. The molecule has 0 aliphatic heterocycles. The lowest BCUT2D eigenvalue weighted by atomic mass is 10.1. The lowest BCUT2D eigenvalue weighted by Crippen LogP contribution is -1.89. The topological polar surface area (TPSA) is 24.9 Å². The molecular formula is C12H13ClN2S. The molecule has 0 amide bonds. The Morgan fingerprint density at radius 3 is 2.94 bits per heavy atom. The summed E-state index contributed by atoms with van der Waals surface area (Å²) >= 11 is 7.76. The normalized spacial score (nSPS) is 10.4. The van der Waals surface area contributed by atoms with E-state index in [-0.39, 0.29) is 0 Å². The molecule has 1 N–H and O–H groups in total. The molecule has 0 atom stereocenters. The first-order chi connectivity index (χ1) is 7.70. The Kier molecular flexibility index (Phi) is 3.46. The van der Waals surface area contributed by atoms with Crippen LogP contribution in [0.5, 0.6) is 0 Å². The lowest BCUT2D eigenvalue weighted by Gasteiger charge is -2.05. The van der Waals surface area contributed by atoms with Crippen molar-refractivity contribution in [2.45, 2.75) is 13.3 Å². The second-order valence-electron chi connectivity index (χ2n) is 3.58. The Labute approximate surface area is 104 Å².